The van der Waals surface area contributed by atoms with Gasteiger partial charge in [0.15, 0.2) is 5.65 Å². The first-order valence-corrected chi connectivity index (χ1v) is 8.96. The predicted octanol–water partition coefficient (Wildman–Crippen LogP) is 4.47. The summed E-state index contributed by atoms with van der Waals surface area (Å²) in [5, 5.41) is 0. The van der Waals surface area contributed by atoms with Crippen molar-refractivity contribution < 1.29 is 0 Å². The Labute approximate surface area is 134 Å². The zero-order chi connectivity index (χ0) is 14.9. The highest BCUT2D eigenvalue weighted by atomic mass is 32.2. The molecule has 4 heteroatoms. The van der Waals surface area contributed by atoms with Gasteiger partial charge in [0.05, 0.1) is 0 Å². The fourth-order valence-electron chi connectivity index (χ4n) is 3.19. The van der Waals surface area contributed by atoms with Crippen molar-refractivity contribution in [3.63, 3.8) is 0 Å². The first kappa shape index (κ1) is 13.8. The topological polar surface area (TPSA) is 30.7 Å². The summed E-state index contributed by atoms with van der Waals surface area (Å²) in [6.45, 7) is 2.13. The largest absolute Gasteiger partial charge is 0.305 e. The van der Waals surface area contributed by atoms with Gasteiger partial charge in [0.1, 0.15) is 11.3 Å². The van der Waals surface area contributed by atoms with Gasteiger partial charge in [-0.05, 0) is 43.7 Å². The maximum Gasteiger partial charge on any atom is 0.160 e. The third-order valence-electron chi connectivity index (χ3n) is 4.23. The van der Waals surface area contributed by atoms with Crippen molar-refractivity contribution in [1.29, 1.82) is 0 Å². The van der Waals surface area contributed by atoms with Gasteiger partial charge < -0.3 is 4.57 Å². The maximum absolute atomic E-state index is 4.89. The highest BCUT2D eigenvalue weighted by Gasteiger charge is 2.23. The first-order chi connectivity index (χ1) is 10.8. The number of benzene rings is 1. The van der Waals surface area contributed by atoms with Crippen molar-refractivity contribution in [2.24, 2.45) is 0 Å². The SMILES string of the molecule is Cc1cccc(-c2nc3cccnc3n2C2CCCSC2)c1. The van der Waals surface area contributed by atoms with Crippen LogP contribution in [0.2, 0.25) is 0 Å². The highest BCUT2D eigenvalue weighted by Crippen LogP contribution is 2.34. The Balaban J connectivity index is 1.93. The average Bonchev–Trinajstić information content (AvgIpc) is 2.95. The Bertz CT molecular complexity index is 803. The number of aryl methyl sites for hydroxylation is 1. The smallest absolute Gasteiger partial charge is 0.160 e. The summed E-state index contributed by atoms with van der Waals surface area (Å²) >= 11 is 2.04. The highest BCUT2D eigenvalue weighted by molar-refractivity contribution is 7.99. The van der Waals surface area contributed by atoms with Gasteiger partial charge in [-0.3, -0.25) is 0 Å². The lowest BCUT2D eigenvalue weighted by Gasteiger charge is -2.24. The molecule has 2 aromatic heterocycles. The lowest BCUT2D eigenvalue weighted by atomic mass is 10.1. The molecule has 112 valence electrons. The lowest BCUT2D eigenvalue weighted by Crippen LogP contribution is -2.17. The molecular formula is C18H19N3S. The summed E-state index contributed by atoms with van der Waals surface area (Å²) < 4.78 is 2.37. The normalized spacial score (nSPS) is 18.7. The van der Waals surface area contributed by atoms with Crippen molar-refractivity contribution in [3.05, 3.63) is 48.2 Å². The molecule has 0 radical (unpaired) electrons. The molecule has 0 spiro atoms. The predicted molar refractivity (Wildman–Crippen MR) is 93.3 cm³/mol. The van der Waals surface area contributed by atoms with Gasteiger partial charge in [-0.2, -0.15) is 11.8 Å². The number of rotatable bonds is 2. The second-order valence-corrected chi connectivity index (χ2v) is 7.04. The van der Waals surface area contributed by atoms with Gasteiger partial charge in [-0.15, -0.1) is 0 Å². The molecule has 0 amide bonds. The van der Waals surface area contributed by atoms with Crippen molar-refractivity contribution in [3.8, 4) is 11.4 Å². The van der Waals surface area contributed by atoms with Gasteiger partial charge in [0.25, 0.3) is 0 Å². The minimum Gasteiger partial charge on any atom is -0.305 e. The molecule has 1 aliphatic rings. The Kier molecular flexibility index (Phi) is 3.62. The number of aromatic nitrogens is 3. The van der Waals surface area contributed by atoms with Crippen LogP contribution in [0.1, 0.15) is 24.4 Å². The summed E-state index contributed by atoms with van der Waals surface area (Å²) in [5.41, 5.74) is 4.47. The van der Waals surface area contributed by atoms with E-state index in [1.807, 2.05) is 24.0 Å². The molecule has 1 aliphatic heterocycles. The van der Waals surface area contributed by atoms with Crippen molar-refractivity contribution in [2.45, 2.75) is 25.8 Å². The Morgan fingerprint density at radius 1 is 1.23 bits per heavy atom. The standard InChI is InChI=1S/C18H19N3S/c1-13-5-2-6-14(11-13)17-20-16-8-3-9-19-18(16)21(17)15-7-4-10-22-12-15/h2-3,5-6,8-9,11,15H,4,7,10,12H2,1H3. The number of pyridine rings is 1. The van der Waals surface area contributed by atoms with Crippen LogP contribution in [0.4, 0.5) is 0 Å². The second kappa shape index (κ2) is 5.76. The van der Waals surface area contributed by atoms with Crippen LogP contribution in [-0.4, -0.2) is 26.0 Å². The van der Waals surface area contributed by atoms with E-state index in [1.165, 1.54) is 29.7 Å². The van der Waals surface area contributed by atoms with Crippen LogP contribution in [0.25, 0.3) is 22.6 Å². The summed E-state index contributed by atoms with van der Waals surface area (Å²) in [6, 6.07) is 13.1. The minimum absolute atomic E-state index is 0.495. The molecule has 1 saturated heterocycles. The molecule has 0 bridgehead atoms. The number of imidazole rings is 1. The number of nitrogens with zero attached hydrogens (tertiary/aromatic N) is 3. The van der Waals surface area contributed by atoms with Crippen LogP contribution in [0.3, 0.4) is 0 Å². The maximum atomic E-state index is 4.89. The number of thioether (sulfide) groups is 1. The molecule has 3 heterocycles. The van der Waals surface area contributed by atoms with E-state index >= 15 is 0 Å². The summed E-state index contributed by atoms with van der Waals surface area (Å²) in [5.74, 6) is 3.49. The van der Waals surface area contributed by atoms with Gasteiger partial charge in [-0.25, -0.2) is 9.97 Å². The number of hydrogen-bond acceptors (Lipinski definition) is 3. The molecule has 3 aromatic rings. The Morgan fingerprint density at radius 2 is 2.18 bits per heavy atom. The summed E-state index contributed by atoms with van der Waals surface area (Å²) in [4.78, 5) is 9.51. The van der Waals surface area contributed by atoms with Gasteiger partial charge in [0.2, 0.25) is 0 Å². The molecule has 1 fully saturated rings. The van der Waals surface area contributed by atoms with Crippen LogP contribution >= 0.6 is 11.8 Å². The molecule has 1 aromatic carbocycles. The lowest BCUT2D eigenvalue weighted by molar-refractivity contribution is 0.513. The van der Waals surface area contributed by atoms with Crippen LogP contribution in [0.15, 0.2) is 42.6 Å². The molecule has 1 unspecified atom stereocenters. The number of hydrogen-bond donors (Lipinski definition) is 0. The van der Waals surface area contributed by atoms with Gasteiger partial charge in [0, 0.05) is 23.6 Å². The van der Waals surface area contributed by atoms with Crippen LogP contribution in [-0.2, 0) is 0 Å². The zero-order valence-electron chi connectivity index (χ0n) is 12.7. The van der Waals surface area contributed by atoms with E-state index in [1.54, 1.807) is 0 Å². The van der Waals surface area contributed by atoms with Crippen molar-refractivity contribution in [1.82, 2.24) is 14.5 Å². The van der Waals surface area contributed by atoms with E-state index < -0.39 is 0 Å². The summed E-state index contributed by atoms with van der Waals surface area (Å²) in [7, 11) is 0. The number of fused-ring (bicyclic) bond motifs is 1. The van der Waals surface area contributed by atoms with E-state index in [0.29, 0.717) is 6.04 Å². The molecular weight excluding hydrogens is 290 g/mol. The molecule has 1 atom stereocenters. The van der Waals surface area contributed by atoms with Crippen LogP contribution in [0.5, 0.6) is 0 Å². The first-order valence-electron chi connectivity index (χ1n) is 7.80. The summed E-state index contributed by atoms with van der Waals surface area (Å²) in [6.07, 6.45) is 4.36. The molecule has 4 rings (SSSR count). The third-order valence-corrected chi connectivity index (χ3v) is 5.42. The van der Waals surface area contributed by atoms with E-state index in [9.17, 15) is 0 Å². The van der Waals surface area contributed by atoms with Crippen LogP contribution < -0.4 is 0 Å². The molecule has 22 heavy (non-hydrogen) atoms. The zero-order valence-corrected chi connectivity index (χ0v) is 13.5. The fourth-order valence-corrected chi connectivity index (χ4v) is 4.32. The Morgan fingerprint density at radius 3 is 3.00 bits per heavy atom. The van der Waals surface area contributed by atoms with Gasteiger partial charge >= 0.3 is 0 Å². The average molecular weight is 309 g/mol. The molecule has 0 aliphatic carbocycles. The molecule has 0 saturated carbocycles. The van der Waals surface area contributed by atoms with E-state index in [2.05, 4.69) is 46.8 Å². The quantitative estimate of drug-likeness (QED) is 0.699. The fraction of sp³-hybridized carbons (Fsp3) is 0.333. The van der Waals surface area contributed by atoms with Crippen LogP contribution in [0, 0.1) is 6.92 Å². The van der Waals surface area contributed by atoms with E-state index in [0.717, 1.165) is 22.7 Å². The van der Waals surface area contributed by atoms with Crippen molar-refractivity contribution in [2.75, 3.05) is 11.5 Å². The second-order valence-electron chi connectivity index (χ2n) is 5.89. The van der Waals surface area contributed by atoms with Gasteiger partial charge in [-0.1, -0.05) is 23.8 Å². The molecule has 0 N–H and O–H groups in total. The van der Waals surface area contributed by atoms with E-state index in [4.69, 9.17) is 4.98 Å². The monoisotopic (exact) mass is 309 g/mol. The van der Waals surface area contributed by atoms with Crippen molar-refractivity contribution >= 4 is 22.9 Å². The third kappa shape index (κ3) is 2.41. The van der Waals surface area contributed by atoms with E-state index in [-0.39, 0.29) is 0 Å². The Hall–Kier alpha value is -1.81. The minimum atomic E-state index is 0.495. The molecule has 3 nitrogen and oxygen atoms in total.